The number of oxazole rings is 1. The number of nitrogens with one attached hydrogen (secondary N) is 1. The lowest BCUT2D eigenvalue weighted by atomic mass is 9.50. The molecule has 24 heavy (non-hydrogen) atoms. The molecule has 3 fully saturated rings. The lowest BCUT2D eigenvalue weighted by Gasteiger charge is -2.57. The number of fused-ring (bicyclic) bond motifs is 1. The third-order valence-corrected chi connectivity index (χ3v) is 6.02. The number of amides is 1. The zero-order valence-electron chi connectivity index (χ0n) is 13.3. The van der Waals surface area contributed by atoms with Gasteiger partial charge in [0.1, 0.15) is 5.52 Å². The van der Waals surface area contributed by atoms with Crippen LogP contribution in [0.25, 0.3) is 11.1 Å². The molecule has 0 atom stereocenters. The number of aromatic nitrogens is 1. The van der Waals surface area contributed by atoms with E-state index in [4.69, 9.17) is 20.8 Å². The molecule has 2 saturated carbocycles. The average molecular weight is 347 g/mol. The van der Waals surface area contributed by atoms with Crippen LogP contribution in [0.15, 0.2) is 22.6 Å². The van der Waals surface area contributed by atoms with Gasteiger partial charge in [0, 0.05) is 17.0 Å². The van der Waals surface area contributed by atoms with Gasteiger partial charge in [0.25, 0.3) is 0 Å². The van der Waals surface area contributed by atoms with Gasteiger partial charge < -0.3 is 14.5 Å². The summed E-state index contributed by atoms with van der Waals surface area (Å²) in [4.78, 5) is 16.5. The van der Waals surface area contributed by atoms with E-state index in [0.717, 1.165) is 42.7 Å². The quantitative estimate of drug-likeness (QED) is 0.926. The number of hydrogen-bond acceptors (Lipinski definition) is 4. The van der Waals surface area contributed by atoms with E-state index >= 15 is 0 Å². The summed E-state index contributed by atoms with van der Waals surface area (Å²) < 4.78 is 11.0. The number of benzene rings is 1. The van der Waals surface area contributed by atoms with Crippen molar-refractivity contribution in [2.75, 3.05) is 13.2 Å². The van der Waals surface area contributed by atoms with E-state index in [2.05, 4.69) is 10.3 Å². The predicted octanol–water partition coefficient (Wildman–Crippen LogP) is 3.27. The van der Waals surface area contributed by atoms with Crippen LogP contribution in [-0.2, 0) is 9.53 Å². The Kier molecular flexibility index (Phi) is 3.19. The van der Waals surface area contributed by atoms with E-state index in [9.17, 15) is 4.79 Å². The van der Waals surface area contributed by atoms with Gasteiger partial charge in [-0.05, 0) is 49.3 Å². The highest BCUT2D eigenvalue weighted by Gasteiger charge is 2.55. The molecule has 6 heteroatoms. The first-order chi connectivity index (χ1) is 11.6. The molecule has 0 unspecified atom stereocenters. The molecule has 5 rings (SSSR count). The first kappa shape index (κ1) is 14.7. The van der Waals surface area contributed by atoms with Gasteiger partial charge in [0.05, 0.1) is 19.1 Å². The lowest BCUT2D eigenvalue weighted by Crippen LogP contribution is -2.57. The lowest BCUT2D eigenvalue weighted by molar-refractivity contribution is -0.142. The maximum Gasteiger partial charge on any atom is 0.228 e. The highest BCUT2D eigenvalue weighted by atomic mass is 35.5. The van der Waals surface area contributed by atoms with Crippen LogP contribution < -0.4 is 5.32 Å². The number of carbonyl (C=O) groups is 1. The number of halogens is 1. The van der Waals surface area contributed by atoms with Crippen LogP contribution in [-0.4, -0.2) is 30.1 Å². The average Bonchev–Trinajstić information content (AvgIpc) is 2.80. The van der Waals surface area contributed by atoms with Crippen molar-refractivity contribution in [2.24, 2.45) is 11.3 Å². The number of hydrogen-bond donors (Lipinski definition) is 1. The third kappa shape index (κ3) is 2.33. The summed E-state index contributed by atoms with van der Waals surface area (Å²) in [5.41, 5.74) is 2.02. The summed E-state index contributed by atoms with van der Waals surface area (Å²) in [6, 6.07) is 5.88. The van der Waals surface area contributed by atoms with E-state index < -0.39 is 0 Å². The van der Waals surface area contributed by atoms with Crippen molar-refractivity contribution >= 4 is 28.6 Å². The minimum atomic E-state index is 0.0715. The Balaban J connectivity index is 1.18. The molecule has 0 radical (unpaired) electrons. The van der Waals surface area contributed by atoms with Crippen molar-refractivity contribution in [1.82, 2.24) is 10.3 Å². The molecule has 1 saturated heterocycles. The van der Waals surface area contributed by atoms with Gasteiger partial charge in [-0.25, -0.2) is 4.98 Å². The number of rotatable bonds is 3. The third-order valence-electron chi connectivity index (χ3n) is 5.79. The summed E-state index contributed by atoms with van der Waals surface area (Å²) in [5.74, 6) is 1.46. The highest BCUT2D eigenvalue weighted by molar-refractivity contribution is 6.31. The molecule has 126 valence electrons. The van der Waals surface area contributed by atoms with Crippen LogP contribution >= 0.6 is 11.6 Å². The van der Waals surface area contributed by atoms with Crippen molar-refractivity contribution in [3.05, 3.63) is 29.1 Å². The minimum Gasteiger partial charge on any atom is -0.440 e. The fourth-order valence-corrected chi connectivity index (χ4v) is 4.55. The second-order valence-corrected chi connectivity index (χ2v) is 8.05. The highest BCUT2D eigenvalue weighted by Crippen LogP contribution is 2.61. The summed E-state index contributed by atoms with van der Waals surface area (Å²) >= 11 is 6.00. The fraction of sp³-hybridized carbons (Fsp3) is 0.556. The first-order valence-electron chi connectivity index (χ1n) is 8.54. The Morgan fingerprint density at radius 3 is 2.75 bits per heavy atom. The Morgan fingerprint density at radius 1 is 1.25 bits per heavy atom. The molecule has 5 nitrogen and oxygen atoms in total. The van der Waals surface area contributed by atoms with Gasteiger partial charge in [-0.15, -0.1) is 0 Å². The molecule has 1 N–H and O–H groups in total. The monoisotopic (exact) mass is 346 g/mol. The molecule has 3 aliphatic rings. The summed E-state index contributed by atoms with van der Waals surface area (Å²) in [7, 11) is 0. The fourth-order valence-electron chi connectivity index (χ4n) is 4.38. The maximum absolute atomic E-state index is 11.9. The van der Waals surface area contributed by atoms with Gasteiger partial charge in [0.2, 0.25) is 5.91 Å². The Morgan fingerprint density at radius 2 is 2.04 bits per heavy atom. The first-order valence-corrected chi connectivity index (χ1v) is 8.92. The topological polar surface area (TPSA) is 64.4 Å². The van der Waals surface area contributed by atoms with E-state index in [1.807, 2.05) is 18.2 Å². The number of nitrogens with zero attached hydrogens (tertiary/aromatic N) is 1. The molecular weight excluding hydrogens is 328 g/mol. The van der Waals surface area contributed by atoms with Gasteiger partial charge in [-0.2, -0.15) is 0 Å². The van der Waals surface area contributed by atoms with Crippen LogP contribution in [0.5, 0.6) is 0 Å². The Bertz CT molecular complexity index is 800. The molecular formula is C18H19ClN2O3. The van der Waals surface area contributed by atoms with Crippen LogP contribution in [0, 0.1) is 11.3 Å². The van der Waals surface area contributed by atoms with Crippen molar-refractivity contribution < 1.29 is 13.9 Å². The van der Waals surface area contributed by atoms with Crippen LogP contribution in [0.1, 0.15) is 37.5 Å². The molecule has 1 amide bonds. The maximum atomic E-state index is 11.9. The molecule has 1 aliphatic heterocycles. The number of ether oxygens (including phenoxy) is 1. The molecule has 1 spiro atoms. The van der Waals surface area contributed by atoms with Gasteiger partial charge in [-0.3, -0.25) is 4.79 Å². The van der Waals surface area contributed by atoms with Crippen molar-refractivity contribution in [3.8, 4) is 0 Å². The zero-order valence-corrected chi connectivity index (χ0v) is 14.0. The molecule has 2 aromatic rings. The van der Waals surface area contributed by atoms with Gasteiger partial charge in [-0.1, -0.05) is 11.6 Å². The second-order valence-electron chi connectivity index (χ2n) is 7.62. The SMILES string of the molecule is O=C(NC1CC2(C1)CC(c1nc3cc(Cl)ccc3o1)C2)C1COC1. The standard InChI is InChI=1S/C18H19ClN2O3/c19-12-1-2-15-14(3-12)21-17(24-15)10-4-18(5-10)6-13(7-18)20-16(22)11-8-23-9-11/h1-3,10-11,13H,4-9H2,(H,20,22). The molecule has 2 aliphatic carbocycles. The smallest absolute Gasteiger partial charge is 0.228 e. The second kappa shape index (κ2) is 5.20. The summed E-state index contributed by atoms with van der Waals surface area (Å²) in [6.07, 6.45) is 4.36. The Hall–Kier alpha value is -1.59. The van der Waals surface area contributed by atoms with E-state index in [-0.39, 0.29) is 11.8 Å². The van der Waals surface area contributed by atoms with E-state index in [1.54, 1.807) is 0 Å². The molecule has 2 heterocycles. The number of carbonyl (C=O) groups excluding carboxylic acids is 1. The van der Waals surface area contributed by atoms with Gasteiger partial charge in [0.15, 0.2) is 11.5 Å². The normalized spacial score (nSPS) is 32.2. The molecule has 1 aromatic heterocycles. The van der Waals surface area contributed by atoms with Crippen LogP contribution in [0.2, 0.25) is 5.02 Å². The van der Waals surface area contributed by atoms with Crippen LogP contribution in [0.4, 0.5) is 0 Å². The largest absolute Gasteiger partial charge is 0.440 e. The van der Waals surface area contributed by atoms with E-state index in [0.29, 0.717) is 35.6 Å². The van der Waals surface area contributed by atoms with Crippen LogP contribution in [0.3, 0.4) is 0 Å². The summed E-state index contributed by atoms with van der Waals surface area (Å²) in [5, 5.41) is 3.83. The molecule has 1 aromatic carbocycles. The van der Waals surface area contributed by atoms with Crippen molar-refractivity contribution in [2.45, 2.75) is 37.6 Å². The summed E-state index contributed by atoms with van der Waals surface area (Å²) in [6.45, 7) is 1.15. The van der Waals surface area contributed by atoms with E-state index in [1.165, 1.54) is 0 Å². The van der Waals surface area contributed by atoms with Crippen molar-refractivity contribution in [3.63, 3.8) is 0 Å². The zero-order chi connectivity index (χ0) is 16.3. The Labute approximate surface area is 144 Å². The predicted molar refractivity (Wildman–Crippen MR) is 88.9 cm³/mol. The minimum absolute atomic E-state index is 0.0715. The van der Waals surface area contributed by atoms with Gasteiger partial charge >= 0.3 is 0 Å². The molecule has 0 bridgehead atoms. The van der Waals surface area contributed by atoms with Crippen molar-refractivity contribution in [1.29, 1.82) is 0 Å².